The molecule has 0 spiro atoms. The van der Waals surface area contributed by atoms with Gasteiger partial charge in [-0.1, -0.05) is 34.5 Å². The maximum Gasteiger partial charge on any atom is 0.335 e. The average molecular weight is 454 g/mol. The normalized spacial score (nSPS) is 16.6. The molecule has 0 aliphatic carbocycles. The van der Waals surface area contributed by atoms with Crippen LogP contribution in [0.15, 0.2) is 12.1 Å². The number of carbonyl (C=O) groups excluding carboxylic acids is 1. The van der Waals surface area contributed by atoms with Gasteiger partial charge < -0.3 is 20.7 Å². The molecule has 1 amide bonds. The summed E-state index contributed by atoms with van der Waals surface area (Å²) < 4.78 is 0.655. The van der Waals surface area contributed by atoms with E-state index in [2.05, 4.69) is 15.3 Å². The topological polar surface area (TPSA) is 124 Å². The zero-order chi connectivity index (χ0) is 20.9. The van der Waals surface area contributed by atoms with Crippen LogP contribution in [0.25, 0.3) is 10.2 Å². The summed E-state index contributed by atoms with van der Waals surface area (Å²) in [5, 5.41) is 12.9. The summed E-state index contributed by atoms with van der Waals surface area (Å²) in [5.41, 5.74) is 8.21. The molecule has 8 nitrogen and oxygen atoms in total. The molecule has 1 unspecified atom stereocenters. The van der Waals surface area contributed by atoms with Gasteiger partial charge in [0.15, 0.2) is 5.13 Å². The van der Waals surface area contributed by atoms with Gasteiger partial charge in [0.1, 0.15) is 11.2 Å². The number of halogens is 2. The maximum absolute atomic E-state index is 12.6. The van der Waals surface area contributed by atoms with Crippen molar-refractivity contribution in [1.29, 1.82) is 0 Å². The molecule has 2 aromatic heterocycles. The van der Waals surface area contributed by atoms with Crippen LogP contribution in [0, 0.1) is 6.92 Å². The van der Waals surface area contributed by atoms with Gasteiger partial charge in [0.05, 0.1) is 26.0 Å². The first-order chi connectivity index (χ1) is 13.7. The standard InChI is InChI=1S/C18H17Cl2N5O3S/c1-7-12(19)13(20)15(22-7)16(26)24-18-23-14-10(25-3-2-9(21)6-25)4-8(17(27)28)5-11(14)29-18/h4-5,9,22H,2-3,6,21H2,1H3,(H,27,28)(H,23,24,26). The van der Waals surface area contributed by atoms with Crippen molar-refractivity contribution in [3.05, 3.63) is 39.1 Å². The number of carboxylic acid groups (broad SMARTS) is 1. The zero-order valence-corrected chi connectivity index (χ0v) is 17.6. The highest BCUT2D eigenvalue weighted by molar-refractivity contribution is 7.22. The summed E-state index contributed by atoms with van der Waals surface area (Å²) >= 11 is 13.3. The van der Waals surface area contributed by atoms with Crippen LogP contribution in [-0.4, -0.2) is 46.1 Å². The number of H-pyrrole nitrogens is 1. The Labute approximate surface area is 179 Å². The van der Waals surface area contributed by atoms with Crippen molar-refractivity contribution < 1.29 is 14.7 Å². The highest BCUT2D eigenvalue weighted by Crippen LogP contribution is 2.36. The van der Waals surface area contributed by atoms with Crippen molar-refractivity contribution in [3.8, 4) is 0 Å². The van der Waals surface area contributed by atoms with Crippen LogP contribution in [-0.2, 0) is 0 Å². The molecule has 1 fully saturated rings. The van der Waals surface area contributed by atoms with Crippen molar-refractivity contribution in [1.82, 2.24) is 9.97 Å². The first-order valence-electron chi connectivity index (χ1n) is 8.78. The Kier molecular flexibility index (Phi) is 5.16. The molecular formula is C18H17Cl2N5O3S. The van der Waals surface area contributed by atoms with E-state index in [0.717, 1.165) is 6.42 Å². The highest BCUT2D eigenvalue weighted by atomic mass is 35.5. The second kappa shape index (κ2) is 7.49. The lowest BCUT2D eigenvalue weighted by Crippen LogP contribution is -2.26. The van der Waals surface area contributed by atoms with E-state index in [9.17, 15) is 14.7 Å². The highest BCUT2D eigenvalue weighted by Gasteiger charge is 2.25. The third kappa shape index (κ3) is 3.66. The number of anilines is 2. The number of carboxylic acids is 1. The number of carbonyl (C=O) groups is 2. The quantitative estimate of drug-likeness (QED) is 0.476. The first-order valence-corrected chi connectivity index (χ1v) is 10.3. The first kappa shape index (κ1) is 20.0. The number of aromatic amines is 1. The fourth-order valence-corrected chi connectivity index (χ4v) is 4.66. The lowest BCUT2D eigenvalue weighted by molar-refractivity contribution is 0.0697. The zero-order valence-electron chi connectivity index (χ0n) is 15.3. The SMILES string of the molecule is Cc1[nH]c(C(=O)Nc2nc3c(N4CCC(N)C4)cc(C(=O)O)cc3s2)c(Cl)c1Cl. The van der Waals surface area contributed by atoms with Gasteiger partial charge in [-0.05, 0) is 25.5 Å². The monoisotopic (exact) mass is 453 g/mol. The van der Waals surface area contributed by atoms with Crippen LogP contribution in [0.5, 0.6) is 0 Å². The van der Waals surface area contributed by atoms with Crippen LogP contribution in [0.4, 0.5) is 10.8 Å². The number of nitrogens with two attached hydrogens (primary N) is 1. The molecule has 11 heteroatoms. The van der Waals surface area contributed by atoms with Crippen molar-refractivity contribution in [2.24, 2.45) is 5.73 Å². The number of nitrogens with one attached hydrogen (secondary N) is 2. The van der Waals surface area contributed by atoms with E-state index in [-0.39, 0.29) is 22.3 Å². The number of benzene rings is 1. The van der Waals surface area contributed by atoms with Crippen LogP contribution in [0.3, 0.4) is 0 Å². The minimum absolute atomic E-state index is 0.0272. The fourth-order valence-electron chi connectivity index (χ4n) is 3.32. The van der Waals surface area contributed by atoms with Gasteiger partial charge >= 0.3 is 5.97 Å². The molecule has 0 saturated carbocycles. The third-order valence-corrected chi connectivity index (χ3v) is 6.65. The Morgan fingerprint density at radius 1 is 1.38 bits per heavy atom. The minimum atomic E-state index is -1.03. The molecule has 1 aliphatic rings. The predicted molar refractivity (Wildman–Crippen MR) is 115 cm³/mol. The molecule has 1 aromatic carbocycles. The Morgan fingerprint density at radius 3 is 2.72 bits per heavy atom. The third-order valence-electron chi connectivity index (χ3n) is 4.79. The lowest BCUT2D eigenvalue weighted by Gasteiger charge is -2.19. The number of rotatable bonds is 4. The number of aromatic nitrogens is 2. The van der Waals surface area contributed by atoms with Crippen LogP contribution in [0.1, 0.15) is 33.0 Å². The van der Waals surface area contributed by atoms with Gasteiger partial charge in [0, 0.05) is 24.8 Å². The van der Waals surface area contributed by atoms with E-state index in [1.165, 1.54) is 11.3 Å². The second-order valence-electron chi connectivity index (χ2n) is 6.87. The van der Waals surface area contributed by atoms with Gasteiger partial charge in [-0.3, -0.25) is 10.1 Å². The van der Waals surface area contributed by atoms with Crippen LogP contribution in [0.2, 0.25) is 10.0 Å². The second-order valence-corrected chi connectivity index (χ2v) is 8.65. The van der Waals surface area contributed by atoms with Gasteiger partial charge in [-0.2, -0.15) is 0 Å². The van der Waals surface area contributed by atoms with Gasteiger partial charge in [-0.25, -0.2) is 9.78 Å². The molecule has 0 radical (unpaired) electrons. The van der Waals surface area contributed by atoms with Crippen molar-refractivity contribution >= 4 is 67.5 Å². The van der Waals surface area contributed by atoms with E-state index < -0.39 is 11.9 Å². The summed E-state index contributed by atoms with van der Waals surface area (Å²) in [7, 11) is 0. The molecule has 4 rings (SSSR count). The molecule has 5 N–H and O–H groups in total. The molecule has 29 heavy (non-hydrogen) atoms. The minimum Gasteiger partial charge on any atom is -0.478 e. The van der Waals surface area contributed by atoms with E-state index in [0.29, 0.717) is 44.8 Å². The number of aryl methyl sites for hydroxylation is 1. The Bertz CT molecular complexity index is 1140. The van der Waals surface area contributed by atoms with Crippen molar-refractivity contribution in [2.45, 2.75) is 19.4 Å². The van der Waals surface area contributed by atoms with Gasteiger partial charge in [0.25, 0.3) is 5.91 Å². The molecule has 3 aromatic rings. The van der Waals surface area contributed by atoms with Crippen LogP contribution >= 0.6 is 34.5 Å². The number of nitrogens with zero attached hydrogens (tertiary/aromatic N) is 2. The number of aromatic carboxylic acids is 1. The Morgan fingerprint density at radius 2 is 2.14 bits per heavy atom. The largest absolute Gasteiger partial charge is 0.478 e. The molecule has 152 valence electrons. The van der Waals surface area contributed by atoms with Crippen LogP contribution < -0.4 is 16.0 Å². The molecular weight excluding hydrogens is 437 g/mol. The number of hydrogen-bond donors (Lipinski definition) is 4. The van der Waals surface area contributed by atoms with Crippen molar-refractivity contribution in [3.63, 3.8) is 0 Å². The maximum atomic E-state index is 12.6. The molecule has 3 heterocycles. The Balaban J connectivity index is 1.72. The van der Waals surface area contributed by atoms with E-state index >= 15 is 0 Å². The summed E-state index contributed by atoms with van der Waals surface area (Å²) in [5.74, 6) is -1.51. The van der Waals surface area contributed by atoms with Crippen molar-refractivity contribution in [2.75, 3.05) is 23.3 Å². The summed E-state index contributed by atoms with van der Waals surface area (Å²) in [6.07, 6.45) is 0.817. The Hall–Kier alpha value is -2.33. The summed E-state index contributed by atoms with van der Waals surface area (Å²) in [6, 6.07) is 3.17. The van der Waals surface area contributed by atoms with Gasteiger partial charge in [-0.15, -0.1) is 0 Å². The molecule has 0 bridgehead atoms. The number of thiazole rings is 1. The predicted octanol–water partition coefficient (Wildman–Crippen LogP) is 3.73. The van der Waals surface area contributed by atoms with E-state index in [4.69, 9.17) is 28.9 Å². The summed E-state index contributed by atoms with van der Waals surface area (Å²) in [4.78, 5) is 33.6. The molecule has 1 atom stereocenters. The number of amides is 1. The van der Waals surface area contributed by atoms with E-state index in [1.54, 1.807) is 19.1 Å². The van der Waals surface area contributed by atoms with Gasteiger partial charge in [0.2, 0.25) is 0 Å². The van der Waals surface area contributed by atoms with E-state index in [1.807, 2.05) is 4.90 Å². The number of hydrogen-bond acceptors (Lipinski definition) is 6. The average Bonchev–Trinajstić information content (AvgIpc) is 3.34. The molecule has 1 saturated heterocycles. The smallest absolute Gasteiger partial charge is 0.335 e. The fraction of sp³-hybridized carbons (Fsp3) is 0.278. The summed E-state index contributed by atoms with van der Waals surface area (Å²) in [6.45, 7) is 3.05. The number of fused-ring (bicyclic) bond motifs is 1. The lowest BCUT2D eigenvalue weighted by atomic mass is 10.1. The molecule has 1 aliphatic heterocycles.